The summed E-state index contributed by atoms with van der Waals surface area (Å²) in [5, 5.41) is 3.19. The number of nitrogens with one attached hydrogen (secondary N) is 1. The fraction of sp³-hybridized carbons (Fsp3) is 0.435. The number of hydrogen-bond donors (Lipinski definition) is 1. The van der Waals surface area contributed by atoms with Crippen LogP contribution in [0.1, 0.15) is 35.7 Å². The monoisotopic (exact) mass is 396 g/mol. The van der Waals surface area contributed by atoms with E-state index < -0.39 is 0 Å². The fourth-order valence-corrected chi connectivity index (χ4v) is 4.27. The number of fused-ring (bicyclic) bond motifs is 1. The smallest absolute Gasteiger partial charge is 0.254 e. The molecule has 1 aromatic carbocycles. The Kier molecular flexibility index (Phi) is 5.90. The van der Waals surface area contributed by atoms with Crippen molar-refractivity contribution in [3.05, 3.63) is 53.5 Å². The van der Waals surface area contributed by atoms with Crippen molar-refractivity contribution in [2.45, 2.75) is 25.8 Å². The van der Waals surface area contributed by atoms with E-state index in [2.05, 4.69) is 29.3 Å². The predicted octanol–water partition coefficient (Wildman–Crippen LogP) is 3.59. The molecule has 6 heteroatoms. The second kappa shape index (κ2) is 8.74. The second-order valence-corrected chi connectivity index (χ2v) is 7.75. The zero-order valence-electron chi connectivity index (χ0n) is 17.0. The van der Waals surface area contributed by atoms with Crippen LogP contribution in [0.2, 0.25) is 0 Å². The van der Waals surface area contributed by atoms with E-state index in [4.69, 9.17) is 13.9 Å². The first-order valence-electron chi connectivity index (χ1n) is 10.2. The highest BCUT2D eigenvalue weighted by Gasteiger charge is 2.30. The van der Waals surface area contributed by atoms with Gasteiger partial charge in [-0.3, -0.25) is 9.69 Å². The summed E-state index contributed by atoms with van der Waals surface area (Å²) in [5.41, 5.74) is 2.92. The van der Waals surface area contributed by atoms with E-state index in [1.54, 1.807) is 13.2 Å². The molecule has 1 aromatic heterocycles. The lowest BCUT2D eigenvalue weighted by Gasteiger charge is -2.39. The van der Waals surface area contributed by atoms with Gasteiger partial charge in [-0.1, -0.05) is 25.5 Å². The van der Waals surface area contributed by atoms with Crippen LogP contribution < -0.4 is 14.8 Å². The van der Waals surface area contributed by atoms with Crippen molar-refractivity contribution >= 4 is 12.0 Å². The Morgan fingerprint density at radius 3 is 3.00 bits per heavy atom. The van der Waals surface area contributed by atoms with Crippen LogP contribution in [0.4, 0.5) is 0 Å². The van der Waals surface area contributed by atoms with Gasteiger partial charge in [0.15, 0.2) is 11.5 Å². The number of carbonyl (C=O) groups is 1. The van der Waals surface area contributed by atoms with Crippen molar-refractivity contribution < 1.29 is 18.7 Å². The van der Waals surface area contributed by atoms with Gasteiger partial charge in [0.05, 0.1) is 18.9 Å². The molecule has 4 rings (SSSR count). The van der Waals surface area contributed by atoms with Gasteiger partial charge in [-0.2, -0.15) is 0 Å². The van der Waals surface area contributed by atoms with Crippen LogP contribution >= 0.6 is 0 Å². The first-order chi connectivity index (χ1) is 14.2. The van der Waals surface area contributed by atoms with Gasteiger partial charge < -0.3 is 19.2 Å². The minimum atomic E-state index is -0.0513. The lowest BCUT2D eigenvalue weighted by Crippen LogP contribution is -2.51. The number of ether oxygens (including phenoxy) is 2. The summed E-state index contributed by atoms with van der Waals surface area (Å²) in [6.45, 7) is 5.58. The molecular weight excluding hydrogens is 368 g/mol. The number of nitrogens with zero attached hydrogens (tertiary/aromatic N) is 1. The van der Waals surface area contributed by atoms with Crippen molar-refractivity contribution in [2.24, 2.45) is 5.92 Å². The van der Waals surface area contributed by atoms with Gasteiger partial charge in [-0.05, 0) is 36.1 Å². The minimum Gasteiger partial charge on any atom is -0.493 e. The summed E-state index contributed by atoms with van der Waals surface area (Å²) in [4.78, 5) is 14.8. The van der Waals surface area contributed by atoms with E-state index in [1.165, 1.54) is 18.1 Å². The SMILES string of the molecule is CC[C@@H]1CN(CC2=Cc3cccc(OC)c3OC2)CC[C@@H]1NC(=O)c1ccoc1. The second-order valence-electron chi connectivity index (χ2n) is 7.75. The maximum absolute atomic E-state index is 12.4. The first-order valence-corrected chi connectivity index (χ1v) is 10.2. The summed E-state index contributed by atoms with van der Waals surface area (Å²) in [7, 11) is 1.67. The van der Waals surface area contributed by atoms with Gasteiger partial charge in [0.25, 0.3) is 5.91 Å². The summed E-state index contributed by atoms with van der Waals surface area (Å²) in [6, 6.07) is 7.87. The molecule has 0 spiro atoms. The van der Waals surface area contributed by atoms with Crippen LogP contribution in [-0.4, -0.2) is 50.2 Å². The summed E-state index contributed by atoms with van der Waals surface area (Å²) in [5.74, 6) is 1.98. The minimum absolute atomic E-state index is 0.0513. The van der Waals surface area contributed by atoms with Crippen LogP contribution in [0.15, 0.2) is 46.8 Å². The molecule has 2 atom stereocenters. The third-order valence-corrected chi connectivity index (χ3v) is 5.86. The highest BCUT2D eigenvalue weighted by Crippen LogP contribution is 2.35. The Balaban J connectivity index is 1.38. The molecule has 1 amide bonds. The molecule has 0 aliphatic carbocycles. The number of para-hydroxylation sites is 1. The third-order valence-electron chi connectivity index (χ3n) is 5.86. The number of piperidine rings is 1. The number of benzene rings is 1. The molecule has 0 bridgehead atoms. The number of carbonyl (C=O) groups excluding carboxylic acids is 1. The summed E-state index contributed by atoms with van der Waals surface area (Å²) in [6.07, 6.45) is 7.22. The lowest BCUT2D eigenvalue weighted by molar-refractivity contribution is 0.0856. The van der Waals surface area contributed by atoms with E-state index >= 15 is 0 Å². The number of furan rings is 1. The van der Waals surface area contributed by atoms with Crippen LogP contribution in [-0.2, 0) is 0 Å². The van der Waals surface area contributed by atoms with Crippen LogP contribution in [0.3, 0.4) is 0 Å². The van der Waals surface area contributed by atoms with Gasteiger partial charge in [-0.15, -0.1) is 0 Å². The van der Waals surface area contributed by atoms with E-state index in [9.17, 15) is 4.79 Å². The van der Waals surface area contributed by atoms with E-state index in [0.29, 0.717) is 18.1 Å². The molecule has 1 saturated heterocycles. The molecule has 0 unspecified atom stereocenters. The normalized spacial score (nSPS) is 21.7. The Labute approximate surface area is 171 Å². The van der Waals surface area contributed by atoms with Gasteiger partial charge in [0.1, 0.15) is 12.9 Å². The summed E-state index contributed by atoms with van der Waals surface area (Å²) < 4.78 is 16.4. The first kappa shape index (κ1) is 19.6. The van der Waals surface area contributed by atoms with Crippen molar-refractivity contribution in [3.8, 4) is 11.5 Å². The number of hydrogen-bond acceptors (Lipinski definition) is 5. The Morgan fingerprint density at radius 1 is 1.34 bits per heavy atom. The molecular formula is C23H28N2O4. The number of amides is 1. The predicted molar refractivity (Wildman–Crippen MR) is 111 cm³/mol. The largest absolute Gasteiger partial charge is 0.493 e. The molecule has 1 N–H and O–H groups in total. The molecule has 6 nitrogen and oxygen atoms in total. The van der Waals surface area contributed by atoms with E-state index in [0.717, 1.165) is 49.5 Å². The van der Waals surface area contributed by atoms with Gasteiger partial charge in [-0.25, -0.2) is 0 Å². The number of rotatable bonds is 6. The molecule has 2 aromatic rings. The average molecular weight is 396 g/mol. The van der Waals surface area contributed by atoms with Crippen molar-refractivity contribution in [3.63, 3.8) is 0 Å². The van der Waals surface area contributed by atoms with Crippen LogP contribution in [0, 0.1) is 5.92 Å². The molecule has 2 aliphatic rings. The molecule has 29 heavy (non-hydrogen) atoms. The van der Waals surface area contributed by atoms with Crippen LogP contribution in [0.5, 0.6) is 11.5 Å². The Bertz CT molecular complexity index is 875. The molecule has 1 fully saturated rings. The van der Waals surface area contributed by atoms with Crippen molar-refractivity contribution in [1.82, 2.24) is 10.2 Å². The zero-order valence-corrected chi connectivity index (χ0v) is 17.0. The van der Waals surface area contributed by atoms with Gasteiger partial charge >= 0.3 is 0 Å². The quantitative estimate of drug-likeness (QED) is 0.808. The molecule has 3 heterocycles. The van der Waals surface area contributed by atoms with E-state index in [1.807, 2.05) is 12.1 Å². The molecule has 0 radical (unpaired) electrons. The highest BCUT2D eigenvalue weighted by atomic mass is 16.5. The zero-order chi connectivity index (χ0) is 20.2. The Hall–Kier alpha value is -2.73. The van der Waals surface area contributed by atoms with Gasteiger partial charge in [0, 0.05) is 31.2 Å². The molecule has 154 valence electrons. The maximum atomic E-state index is 12.4. The van der Waals surface area contributed by atoms with Gasteiger partial charge in [0.2, 0.25) is 0 Å². The maximum Gasteiger partial charge on any atom is 0.254 e. The lowest BCUT2D eigenvalue weighted by atomic mass is 9.89. The van der Waals surface area contributed by atoms with Crippen LogP contribution in [0.25, 0.3) is 6.08 Å². The Morgan fingerprint density at radius 2 is 2.24 bits per heavy atom. The standard InChI is InChI=1S/C23H28N2O4/c1-3-17-13-25(9-7-20(17)24-23(26)19-8-10-28-15-19)12-16-11-18-5-4-6-21(27-2)22(18)29-14-16/h4-6,8,10-11,15,17,20H,3,7,9,12-14H2,1-2H3,(H,24,26)/t17-,20+/m1/s1. The van der Waals surface area contributed by atoms with Crippen molar-refractivity contribution in [1.29, 1.82) is 0 Å². The topological polar surface area (TPSA) is 63.9 Å². The fourth-order valence-electron chi connectivity index (χ4n) is 4.27. The molecule has 2 aliphatic heterocycles. The number of likely N-dealkylation sites (tertiary alicyclic amines) is 1. The molecule has 0 saturated carbocycles. The third kappa shape index (κ3) is 4.32. The average Bonchev–Trinajstić information content (AvgIpc) is 3.29. The van der Waals surface area contributed by atoms with E-state index in [-0.39, 0.29) is 11.9 Å². The van der Waals surface area contributed by atoms with Crippen molar-refractivity contribution in [2.75, 3.05) is 33.4 Å². The summed E-state index contributed by atoms with van der Waals surface area (Å²) >= 11 is 0. The highest BCUT2D eigenvalue weighted by molar-refractivity contribution is 5.93. The number of methoxy groups -OCH3 is 1.